The van der Waals surface area contributed by atoms with Crippen molar-refractivity contribution in [3.05, 3.63) is 84.9 Å². The van der Waals surface area contributed by atoms with Crippen LogP contribution >= 0.6 is 0 Å². The quantitative estimate of drug-likeness (QED) is 0.288. The molecule has 0 saturated heterocycles. The van der Waals surface area contributed by atoms with Crippen molar-refractivity contribution in [3.63, 3.8) is 0 Å². The highest BCUT2D eigenvalue weighted by molar-refractivity contribution is 7.85. The summed E-state index contributed by atoms with van der Waals surface area (Å²) in [5.41, 5.74) is -0.579. The van der Waals surface area contributed by atoms with Gasteiger partial charge < -0.3 is 5.84 Å². The van der Waals surface area contributed by atoms with Crippen LogP contribution in [0, 0.1) is 10.4 Å². The number of hydrogen-bond donors (Lipinski definition) is 2. The standard InChI is InChI=1S/C18H11N3O5S/c19-21-16-11-3-1-2-4-12(11)17(22)13-14(16)18(23)20-15(13)9-5-7-10(8-6-9)27(24,25)26/h1-8H,19H2,(H,24,25,26). The summed E-state index contributed by atoms with van der Waals surface area (Å²) >= 11 is 0. The largest absolute Gasteiger partial charge is 0.323 e. The highest BCUT2D eigenvalue weighted by Crippen LogP contribution is 2.20. The zero-order valence-electron chi connectivity index (χ0n) is 13.6. The second kappa shape index (κ2) is 5.79. The van der Waals surface area contributed by atoms with Crippen LogP contribution in [0.4, 0.5) is 0 Å². The zero-order valence-corrected chi connectivity index (χ0v) is 14.4. The van der Waals surface area contributed by atoms with Crippen LogP contribution in [0.2, 0.25) is 0 Å². The fourth-order valence-corrected chi connectivity index (χ4v) is 3.64. The average molecular weight is 381 g/mol. The number of rotatable bonds is 2. The molecule has 0 radical (unpaired) electrons. The first-order chi connectivity index (χ1) is 12.8. The van der Waals surface area contributed by atoms with Crippen LogP contribution in [0.5, 0.6) is 0 Å². The van der Waals surface area contributed by atoms with Crippen LogP contribution < -0.4 is 22.2 Å². The molecule has 4 rings (SSSR count). The van der Waals surface area contributed by atoms with Crippen LogP contribution in [0.3, 0.4) is 0 Å². The zero-order chi connectivity index (χ0) is 19.3. The van der Waals surface area contributed by atoms with Gasteiger partial charge in [0, 0.05) is 16.3 Å². The van der Waals surface area contributed by atoms with Crippen LogP contribution in [0.15, 0.2) is 68.1 Å². The lowest BCUT2D eigenvalue weighted by Crippen LogP contribution is -2.21. The first-order valence-electron chi connectivity index (χ1n) is 7.71. The number of nitrogens with two attached hydrogens (primary N) is 1. The maximum Gasteiger partial charge on any atom is 0.294 e. The molecule has 2 aliphatic rings. The van der Waals surface area contributed by atoms with E-state index in [0.717, 1.165) is 12.1 Å². The van der Waals surface area contributed by atoms with Gasteiger partial charge in [-0.25, -0.2) is 4.98 Å². The van der Waals surface area contributed by atoms with Crippen molar-refractivity contribution in [2.75, 3.05) is 0 Å². The summed E-state index contributed by atoms with van der Waals surface area (Å²) < 4.78 is 31.5. The lowest BCUT2D eigenvalue weighted by Gasteiger charge is -2.01. The molecule has 134 valence electrons. The van der Waals surface area contributed by atoms with Crippen LogP contribution in [-0.2, 0) is 10.1 Å². The summed E-state index contributed by atoms with van der Waals surface area (Å²) in [6, 6.07) is 11.7. The van der Waals surface area contributed by atoms with E-state index in [1.54, 1.807) is 24.3 Å². The van der Waals surface area contributed by atoms with Crippen LogP contribution in [0.25, 0.3) is 22.0 Å². The molecule has 1 aliphatic carbocycles. The number of aromatic nitrogens is 1. The number of nitrogens with zero attached hydrogens (tertiary/aromatic N) is 2. The Bertz CT molecular complexity index is 1530. The predicted molar refractivity (Wildman–Crippen MR) is 97.0 cm³/mol. The molecule has 0 unspecified atom stereocenters. The summed E-state index contributed by atoms with van der Waals surface area (Å²) in [5.74, 6) is 5.48. The van der Waals surface area contributed by atoms with Gasteiger partial charge in [0.2, 0.25) is 0 Å². The van der Waals surface area contributed by atoms with Gasteiger partial charge in [-0.2, -0.15) is 13.5 Å². The Labute approximate surface area is 151 Å². The van der Waals surface area contributed by atoms with Gasteiger partial charge in [0.15, 0.2) is 5.43 Å². The number of hydrogen-bond acceptors (Lipinski definition) is 7. The summed E-state index contributed by atoms with van der Waals surface area (Å²) in [4.78, 5) is 29.1. The van der Waals surface area contributed by atoms with Gasteiger partial charge >= 0.3 is 0 Å². The summed E-state index contributed by atoms with van der Waals surface area (Å²) in [7, 11) is -4.36. The van der Waals surface area contributed by atoms with Gasteiger partial charge in [-0.05, 0) is 12.1 Å². The summed E-state index contributed by atoms with van der Waals surface area (Å²) in [6.45, 7) is 0. The molecule has 3 N–H and O–H groups in total. The van der Waals surface area contributed by atoms with Gasteiger partial charge in [-0.15, -0.1) is 0 Å². The van der Waals surface area contributed by atoms with E-state index < -0.39 is 21.1 Å². The molecule has 0 bridgehead atoms. The van der Waals surface area contributed by atoms with Gasteiger partial charge in [-0.3, -0.25) is 14.1 Å². The average Bonchev–Trinajstić information content (AvgIpc) is 2.99. The Morgan fingerprint density at radius 3 is 2.15 bits per heavy atom. The smallest absolute Gasteiger partial charge is 0.294 e. The molecule has 2 aromatic carbocycles. The van der Waals surface area contributed by atoms with E-state index in [9.17, 15) is 18.0 Å². The Kier molecular flexibility index (Phi) is 3.65. The van der Waals surface area contributed by atoms with Crippen molar-refractivity contribution in [1.82, 2.24) is 4.98 Å². The van der Waals surface area contributed by atoms with Crippen molar-refractivity contribution in [3.8, 4) is 11.3 Å². The summed E-state index contributed by atoms with van der Waals surface area (Å²) in [5, 5.41) is 4.76. The number of benzene rings is 2. The summed E-state index contributed by atoms with van der Waals surface area (Å²) in [6.07, 6.45) is 0. The third-order valence-corrected chi connectivity index (χ3v) is 5.23. The monoisotopic (exact) mass is 381 g/mol. The number of fused-ring (bicyclic) bond motifs is 1. The highest BCUT2D eigenvalue weighted by atomic mass is 32.2. The molecule has 0 fully saturated rings. The minimum absolute atomic E-state index is 0.0232. The minimum Gasteiger partial charge on any atom is -0.323 e. The van der Waals surface area contributed by atoms with Crippen LogP contribution in [0.1, 0.15) is 0 Å². The molecular formula is C18H11N3O5S. The van der Waals surface area contributed by atoms with E-state index in [-0.39, 0.29) is 26.4 Å². The molecule has 0 amide bonds. The maximum absolute atomic E-state index is 13.0. The first kappa shape index (κ1) is 17.0. The Hall–Kier alpha value is -3.43. The minimum atomic E-state index is -4.36. The first-order valence-corrected chi connectivity index (χ1v) is 9.15. The molecule has 9 heteroatoms. The SMILES string of the molecule is NN=c1c2c(=O)nc(-c3ccc(S(=O)(=O)O)cc3)c=2c(=O)c2ccccc12. The van der Waals surface area contributed by atoms with Gasteiger partial charge in [0.1, 0.15) is 5.36 Å². The molecule has 0 spiro atoms. The van der Waals surface area contributed by atoms with Gasteiger partial charge in [-0.1, -0.05) is 36.4 Å². The molecule has 1 aliphatic heterocycles. The van der Waals surface area contributed by atoms with Gasteiger partial charge in [0.05, 0.1) is 21.0 Å². The normalized spacial score (nSPS) is 12.9. The molecule has 1 heterocycles. The van der Waals surface area contributed by atoms with Crippen molar-refractivity contribution in [2.24, 2.45) is 10.9 Å². The molecular weight excluding hydrogens is 370 g/mol. The third kappa shape index (κ3) is 2.52. The Morgan fingerprint density at radius 2 is 1.56 bits per heavy atom. The van der Waals surface area contributed by atoms with E-state index >= 15 is 0 Å². The van der Waals surface area contributed by atoms with Crippen molar-refractivity contribution in [2.45, 2.75) is 4.90 Å². The Balaban J connectivity index is 2.18. The van der Waals surface area contributed by atoms with Gasteiger partial charge in [0.25, 0.3) is 15.7 Å². The van der Waals surface area contributed by atoms with E-state index in [0.29, 0.717) is 16.3 Å². The maximum atomic E-state index is 13.0. The second-order valence-corrected chi connectivity index (χ2v) is 7.29. The molecule has 0 saturated carbocycles. The lowest BCUT2D eigenvalue weighted by molar-refractivity contribution is 0.483. The van der Waals surface area contributed by atoms with E-state index in [4.69, 9.17) is 10.4 Å². The van der Waals surface area contributed by atoms with Crippen LogP contribution in [-0.4, -0.2) is 18.0 Å². The third-order valence-electron chi connectivity index (χ3n) is 4.36. The second-order valence-electron chi connectivity index (χ2n) is 5.87. The molecule has 27 heavy (non-hydrogen) atoms. The fourth-order valence-electron chi connectivity index (χ4n) is 3.16. The molecule has 8 nitrogen and oxygen atoms in total. The fraction of sp³-hybridized carbons (Fsp3) is 0. The van der Waals surface area contributed by atoms with E-state index in [1.807, 2.05) is 0 Å². The van der Waals surface area contributed by atoms with Crippen molar-refractivity contribution in [1.29, 1.82) is 0 Å². The van der Waals surface area contributed by atoms with Crippen molar-refractivity contribution < 1.29 is 13.0 Å². The Morgan fingerprint density at radius 1 is 0.926 bits per heavy atom. The topological polar surface area (TPSA) is 140 Å². The van der Waals surface area contributed by atoms with E-state index in [2.05, 4.69) is 10.1 Å². The molecule has 0 atom stereocenters. The van der Waals surface area contributed by atoms with E-state index in [1.165, 1.54) is 12.1 Å². The highest BCUT2D eigenvalue weighted by Gasteiger charge is 2.17. The predicted octanol–water partition coefficient (Wildman–Crippen LogP) is 0.244. The molecule has 2 aromatic rings. The van der Waals surface area contributed by atoms with Crippen molar-refractivity contribution >= 4 is 20.9 Å². The lowest BCUT2D eigenvalue weighted by atomic mass is 10.0. The molecule has 0 aromatic heterocycles.